The van der Waals surface area contributed by atoms with Gasteiger partial charge in [0, 0.05) is 18.9 Å². The molecule has 6 nitrogen and oxygen atoms in total. The average Bonchev–Trinajstić information content (AvgIpc) is 3.03. The molecule has 104 valence electrons. The Bertz CT molecular complexity index is 485. The predicted octanol–water partition coefficient (Wildman–Crippen LogP) is 1.05. The Morgan fingerprint density at radius 1 is 1.42 bits per heavy atom. The fourth-order valence-corrected chi connectivity index (χ4v) is 3.27. The van der Waals surface area contributed by atoms with E-state index in [1.54, 1.807) is 0 Å². The summed E-state index contributed by atoms with van der Waals surface area (Å²) < 4.78 is 1.90. The van der Waals surface area contributed by atoms with E-state index in [2.05, 4.69) is 22.0 Å². The Morgan fingerprint density at radius 3 is 2.95 bits per heavy atom. The maximum absolute atomic E-state index is 11.4. The molecule has 0 saturated carbocycles. The lowest BCUT2D eigenvalue weighted by Gasteiger charge is -2.24. The highest BCUT2D eigenvalue weighted by atomic mass is 16.4. The van der Waals surface area contributed by atoms with Gasteiger partial charge in [0.25, 0.3) is 0 Å². The highest BCUT2D eigenvalue weighted by Gasteiger charge is 2.34. The van der Waals surface area contributed by atoms with Crippen LogP contribution in [0.25, 0.3) is 0 Å². The number of hydrogen-bond acceptors (Lipinski definition) is 4. The van der Waals surface area contributed by atoms with E-state index < -0.39 is 12.0 Å². The molecule has 3 rings (SSSR count). The van der Waals surface area contributed by atoms with Gasteiger partial charge in [-0.05, 0) is 32.4 Å². The van der Waals surface area contributed by atoms with Crippen LogP contribution >= 0.6 is 0 Å². The van der Waals surface area contributed by atoms with Crippen LogP contribution < -0.4 is 0 Å². The molecule has 2 aliphatic rings. The molecule has 3 heterocycles. The van der Waals surface area contributed by atoms with Crippen molar-refractivity contribution < 1.29 is 9.90 Å². The van der Waals surface area contributed by atoms with Crippen molar-refractivity contribution >= 4 is 5.97 Å². The molecule has 1 aromatic heterocycles. The van der Waals surface area contributed by atoms with Crippen LogP contribution in [0.4, 0.5) is 0 Å². The number of rotatable bonds is 3. The molecule has 2 atom stereocenters. The molecule has 2 aliphatic heterocycles. The van der Waals surface area contributed by atoms with E-state index >= 15 is 0 Å². The van der Waals surface area contributed by atoms with Crippen LogP contribution in [0.3, 0.4) is 0 Å². The first-order valence-corrected chi connectivity index (χ1v) is 7.09. The maximum atomic E-state index is 11.4. The Kier molecular flexibility index (Phi) is 3.26. The van der Waals surface area contributed by atoms with Crippen LogP contribution in [0.5, 0.6) is 0 Å². The Hall–Kier alpha value is -1.43. The fraction of sp³-hybridized carbons (Fsp3) is 0.769. The summed E-state index contributed by atoms with van der Waals surface area (Å²) in [6, 6.07) is -0.468. The summed E-state index contributed by atoms with van der Waals surface area (Å²) in [5, 5.41) is 17.9. The first-order valence-electron chi connectivity index (χ1n) is 7.09. The van der Waals surface area contributed by atoms with Gasteiger partial charge < -0.3 is 14.6 Å². The molecule has 0 aromatic carbocycles. The van der Waals surface area contributed by atoms with Crippen molar-refractivity contribution in [3.8, 4) is 0 Å². The zero-order valence-corrected chi connectivity index (χ0v) is 11.2. The first-order chi connectivity index (χ1) is 9.20. The van der Waals surface area contributed by atoms with Crippen LogP contribution in [0.2, 0.25) is 0 Å². The smallest absolute Gasteiger partial charge is 0.326 e. The standard InChI is InChI=1S/C13H20N4O2/c1-2-16-7-6-9(8-16)12-15-14-11-5-3-4-10(13(18)19)17(11)12/h9-10H,2-8H2,1H3,(H,18,19). The monoisotopic (exact) mass is 264 g/mol. The molecule has 1 N–H and O–H groups in total. The average molecular weight is 264 g/mol. The minimum Gasteiger partial charge on any atom is -0.480 e. The van der Waals surface area contributed by atoms with Crippen LogP contribution in [-0.4, -0.2) is 50.4 Å². The number of aliphatic carboxylic acids is 1. The van der Waals surface area contributed by atoms with E-state index in [-0.39, 0.29) is 0 Å². The Balaban J connectivity index is 1.91. The van der Waals surface area contributed by atoms with E-state index in [4.69, 9.17) is 0 Å². The highest BCUT2D eigenvalue weighted by Crippen LogP contribution is 2.32. The number of aromatic nitrogens is 3. The summed E-state index contributed by atoms with van der Waals surface area (Å²) in [6.07, 6.45) is 3.48. The second-order valence-corrected chi connectivity index (χ2v) is 5.47. The number of hydrogen-bond donors (Lipinski definition) is 1. The molecule has 0 aliphatic carbocycles. The van der Waals surface area contributed by atoms with Gasteiger partial charge in [-0.3, -0.25) is 0 Å². The van der Waals surface area contributed by atoms with Crippen LogP contribution in [0.1, 0.15) is 49.8 Å². The van der Waals surface area contributed by atoms with Crippen LogP contribution in [0.15, 0.2) is 0 Å². The lowest BCUT2D eigenvalue weighted by molar-refractivity contribution is -0.141. The van der Waals surface area contributed by atoms with Crippen LogP contribution in [0, 0.1) is 0 Å². The van der Waals surface area contributed by atoms with Gasteiger partial charge in [-0.2, -0.15) is 0 Å². The fourth-order valence-electron chi connectivity index (χ4n) is 3.27. The number of fused-ring (bicyclic) bond motifs is 1. The van der Waals surface area contributed by atoms with Gasteiger partial charge in [0.1, 0.15) is 17.7 Å². The van der Waals surface area contributed by atoms with E-state index in [9.17, 15) is 9.90 Å². The number of carboxylic acids is 1. The summed E-state index contributed by atoms with van der Waals surface area (Å²) in [4.78, 5) is 13.8. The van der Waals surface area contributed by atoms with Gasteiger partial charge in [0.15, 0.2) is 0 Å². The maximum Gasteiger partial charge on any atom is 0.326 e. The second-order valence-electron chi connectivity index (χ2n) is 5.47. The number of nitrogens with zero attached hydrogens (tertiary/aromatic N) is 4. The van der Waals surface area contributed by atoms with Crippen molar-refractivity contribution in [2.75, 3.05) is 19.6 Å². The Morgan fingerprint density at radius 2 is 2.26 bits per heavy atom. The SMILES string of the molecule is CCN1CCC(c2nnc3n2C(C(=O)O)CCC3)C1. The molecule has 6 heteroatoms. The third-order valence-corrected chi connectivity index (χ3v) is 4.35. The molecule has 0 spiro atoms. The summed E-state index contributed by atoms with van der Waals surface area (Å²) >= 11 is 0. The number of likely N-dealkylation sites (N-methyl/N-ethyl adjacent to an activating group) is 1. The number of likely N-dealkylation sites (tertiary alicyclic amines) is 1. The molecule has 0 bridgehead atoms. The van der Waals surface area contributed by atoms with E-state index in [1.807, 2.05) is 4.57 Å². The quantitative estimate of drug-likeness (QED) is 0.883. The molecular weight excluding hydrogens is 244 g/mol. The molecule has 1 aromatic rings. The molecule has 1 fully saturated rings. The van der Waals surface area contributed by atoms with Gasteiger partial charge in [-0.25, -0.2) is 4.79 Å². The first kappa shape index (κ1) is 12.6. The van der Waals surface area contributed by atoms with Gasteiger partial charge in [-0.1, -0.05) is 6.92 Å². The molecule has 19 heavy (non-hydrogen) atoms. The third-order valence-electron chi connectivity index (χ3n) is 4.35. The normalized spacial score (nSPS) is 27.4. The number of aryl methyl sites for hydroxylation is 1. The van der Waals surface area contributed by atoms with E-state index in [1.165, 1.54) is 0 Å². The van der Waals surface area contributed by atoms with Crippen molar-refractivity contribution in [3.63, 3.8) is 0 Å². The van der Waals surface area contributed by atoms with E-state index in [0.717, 1.165) is 50.5 Å². The second kappa shape index (κ2) is 4.92. The molecule has 0 radical (unpaired) electrons. The largest absolute Gasteiger partial charge is 0.480 e. The lowest BCUT2D eigenvalue weighted by Crippen LogP contribution is -2.28. The summed E-state index contributed by atoms with van der Waals surface area (Å²) in [5.74, 6) is 1.31. The van der Waals surface area contributed by atoms with Crippen molar-refractivity contribution in [1.29, 1.82) is 0 Å². The predicted molar refractivity (Wildman–Crippen MR) is 69.1 cm³/mol. The van der Waals surface area contributed by atoms with Gasteiger partial charge in [0.05, 0.1) is 0 Å². The van der Waals surface area contributed by atoms with Crippen molar-refractivity contribution in [3.05, 3.63) is 11.6 Å². The topological polar surface area (TPSA) is 71.2 Å². The molecule has 0 amide bonds. The highest BCUT2D eigenvalue weighted by molar-refractivity contribution is 5.72. The van der Waals surface area contributed by atoms with Crippen molar-refractivity contribution in [1.82, 2.24) is 19.7 Å². The molecule has 2 unspecified atom stereocenters. The van der Waals surface area contributed by atoms with Gasteiger partial charge >= 0.3 is 5.97 Å². The van der Waals surface area contributed by atoms with Crippen molar-refractivity contribution in [2.24, 2.45) is 0 Å². The third kappa shape index (κ3) is 2.14. The Labute approximate surface area is 112 Å². The number of carboxylic acid groups (broad SMARTS) is 1. The summed E-state index contributed by atoms with van der Waals surface area (Å²) in [6.45, 7) is 5.24. The minimum atomic E-state index is -0.757. The van der Waals surface area contributed by atoms with Gasteiger partial charge in [0.2, 0.25) is 0 Å². The van der Waals surface area contributed by atoms with Crippen molar-refractivity contribution in [2.45, 2.75) is 44.6 Å². The minimum absolute atomic E-state index is 0.334. The summed E-state index contributed by atoms with van der Waals surface area (Å²) in [5.41, 5.74) is 0. The summed E-state index contributed by atoms with van der Waals surface area (Å²) in [7, 11) is 0. The molecular formula is C13H20N4O2. The van der Waals surface area contributed by atoms with E-state index in [0.29, 0.717) is 12.3 Å². The number of carbonyl (C=O) groups is 1. The van der Waals surface area contributed by atoms with Gasteiger partial charge in [-0.15, -0.1) is 10.2 Å². The van der Waals surface area contributed by atoms with Crippen LogP contribution in [-0.2, 0) is 11.2 Å². The molecule has 1 saturated heterocycles. The zero-order valence-electron chi connectivity index (χ0n) is 11.2. The zero-order chi connectivity index (χ0) is 13.4. The lowest BCUT2D eigenvalue weighted by atomic mass is 10.0.